The summed E-state index contributed by atoms with van der Waals surface area (Å²) < 4.78 is 24.6. The van der Waals surface area contributed by atoms with Crippen molar-refractivity contribution in [1.29, 1.82) is 0 Å². The lowest BCUT2D eigenvalue weighted by Crippen LogP contribution is -2.19. The zero-order valence-electron chi connectivity index (χ0n) is 20.2. The number of nitrogens with one attached hydrogen (secondary N) is 1. The first-order valence-corrected chi connectivity index (χ1v) is 11.2. The summed E-state index contributed by atoms with van der Waals surface area (Å²) in [7, 11) is 0. The minimum absolute atomic E-state index is 0.129. The maximum atomic E-state index is 13.8. The minimum atomic E-state index is -0.389. The number of esters is 1. The molecule has 0 fully saturated rings. The zero-order chi connectivity index (χ0) is 24.1. The van der Waals surface area contributed by atoms with Crippen LogP contribution in [0, 0.1) is 33.5 Å². The first-order chi connectivity index (χ1) is 15.7. The predicted molar refractivity (Wildman–Crippen MR) is 131 cm³/mol. The van der Waals surface area contributed by atoms with E-state index in [1.54, 1.807) is 12.1 Å². The van der Waals surface area contributed by atoms with Crippen molar-refractivity contribution in [3.63, 3.8) is 0 Å². The summed E-state index contributed by atoms with van der Waals surface area (Å²) in [6, 6.07) is 14.7. The van der Waals surface area contributed by atoms with Crippen LogP contribution in [-0.4, -0.2) is 18.7 Å². The third kappa shape index (κ3) is 6.13. The molecule has 0 saturated heterocycles. The maximum Gasteiger partial charge on any atom is 0.344 e. The van der Waals surface area contributed by atoms with Gasteiger partial charge in [0.05, 0.1) is 6.10 Å². The number of carbonyl (C=O) groups is 1. The largest absolute Gasteiger partial charge is 0.482 e. The average molecular weight is 450 g/mol. The van der Waals surface area contributed by atoms with Gasteiger partial charge in [-0.1, -0.05) is 24.3 Å². The van der Waals surface area contributed by atoms with Gasteiger partial charge in [0.2, 0.25) is 0 Å². The highest BCUT2D eigenvalue weighted by Gasteiger charge is 2.13. The summed E-state index contributed by atoms with van der Waals surface area (Å²) in [5.41, 5.74) is 8.32. The fourth-order valence-corrected chi connectivity index (χ4v) is 3.82. The molecular weight excluding hydrogens is 417 g/mol. The fourth-order valence-electron chi connectivity index (χ4n) is 3.82. The van der Waals surface area contributed by atoms with Gasteiger partial charge < -0.3 is 14.8 Å². The van der Waals surface area contributed by atoms with Gasteiger partial charge in [-0.3, -0.25) is 0 Å². The van der Waals surface area contributed by atoms with Crippen LogP contribution in [0.25, 0.3) is 11.1 Å². The van der Waals surface area contributed by atoms with Gasteiger partial charge in [-0.15, -0.1) is 0 Å². The summed E-state index contributed by atoms with van der Waals surface area (Å²) >= 11 is 0. The van der Waals surface area contributed by atoms with Crippen molar-refractivity contribution in [2.45, 2.75) is 54.2 Å². The Morgan fingerprint density at radius 2 is 1.70 bits per heavy atom. The van der Waals surface area contributed by atoms with Gasteiger partial charge in [0.1, 0.15) is 11.6 Å². The van der Waals surface area contributed by atoms with E-state index < -0.39 is 0 Å². The number of hydrogen-bond acceptors (Lipinski definition) is 4. The Labute approximate surface area is 195 Å². The van der Waals surface area contributed by atoms with E-state index in [0.29, 0.717) is 12.3 Å². The minimum Gasteiger partial charge on any atom is -0.482 e. The van der Waals surface area contributed by atoms with Crippen LogP contribution in [-0.2, 0) is 16.1 Å². The summed E-state index contributed by atoms with van der Waals surface area (Å²) in [6.07, 6.45) is -0.174. The first kappa shape index (κ1) is 24.3. The van der Waals surface area contributed by atoms with E-state index in [1.807, 2.05) is 45.9 Å². The van der Waals surface area contributed by atoms with E-state index in [-0.39, 0.29) is 24.5 Å². The molecule has 3 rings (SSSR count). The van der Waals surface area contributed by atoms with Crippen LogP contribution >= 0.6 is 0 Å². The second kappa shape index (κ2) is 10.5. The molecule has 4 nitrogen and oxygen atoms in total. The van der Waals surface area contributed by atoms with Crippen molar-refractivity contribution in [3.05, 3.63) is 82.2 Å². The zero-order valence-corrected chi connectivity index (χ0v) is 20.2. The maximum absolute atomic E-state index is 13.8. The number of halogens is 1. The molecule has 174 valence electrons. The van der Waals surface area contributed by atoms with Crippen molar-refractivity contribution in [3.8, 4) is 16.9 Å². The Balaban J connectivity index is 1.81. The van der Waals surface area contributed by atoms with E-state index in [0.717, 1.165) is 39.1 Å². The van der Waals surface area contributed by atoms with Crippen LogP contribution in [0.15, 0.2) is 48.5 Å². The second-order valence-electron chi connectivity index (χ2n) is 8.65. The monoisotopic (exact) mass is 449 g/mol. The summed E-state index contributed by atoms with van der Waals surface area (Å²) in [6.45, 7) is 12.3. The van der Waals surface area contributed by atoms with Crippen LogP contribution in [0.2, 0.25) is 0 Å². The van der Waals surface area contributed by atoms with Crippen LogP contribution < -0.4 is 10.1 Å². The van der Waals surface area contributed by atoms with E-state index in [2.05, 4.69) is 31.3 Å². The lowest BCUT2D eigenvalue weighted by atomic mass is 9.95. The quantitative estimate of drug-likeness (QED) is 0.390. The molecule has 0 saturated carbocycles. The molecule has 0 aliphatic rings. The van der Waals surface area contributed by atoms with Crippen LogP contribution in [0.1, 0.15) is 41.7 Å². The van der Waals surface area contributed by atoms with Gasteiger partial charge in [0.25, 0.3) is 0 Å². The van der Waals surface area contributed by atoms with Crippen LogP contribution in [0.5, 0.6) is 5.75 Å². The normalized spacial score (nSPS) is 10.9. The van der Waals surface area contributed by atoms with Crippen LogP contribution in [0.4, 0.5) is 10.1 Å². The molecule has 33 heavy (non-hydrogen) atoms. The van der Waals surface area contributed by atoms with E-state index >= 15 is 0 Å². The lowest BCUT2D eigenvalue weighted by molar-refractivity contribution is -0.149. The Morgan fingerprint density at radius 1 is 0.939 bits per heavy atom. The Bertz CT molecular complexity index is 1150. The van der Waals surface area contributed by atoms with Gasteiger partial charge >= 0.3 is 5.97 Å². The molecule has 0 radical (unpaired) electrons. The summed E-state index contributed by atoms with van der Waals surface area (Å²) in [5, 5.41) is 3.55. The van der Waals surface area contributed by atoms with Crippen molar-refractivity contribution in [2.24, 2.45) is 0 Å². The molecule has 5 heteroatoms. The second-order valence-corrected chi connectivity index (χ2v) is 8.65. The SMILES string of the molecule is Cc1cc(-c2cccc(F)c2)cc(CNc2c(C)ccc(OCC(=O)OC(C)C)c2C)c1C. The smallest absolute Gasteiger partial charge is 0.344 e. The number of anilines is 1. The predicted octanol–water partition coefficient (Wildman–Crippen LogP) is 6.67. The number of aryl methyl sites for hydroxylation is 2. The molecule has 0 atom stereocenters. The first-order valence-electron chi connectivity index (χ1n) is 11.2. The Hall–Kier alpha value is -3.34. The third-order valence-electron chi connectivity index (χ3n) is 5.72. The molecule has 0 bridgehead atoms. The standard InChI is InChI=1S/C28H32FNO3/c1-17(2)33-27(31)16-32-26-11-10-18(3)28(21(26)6)30-15-24-13-23(12-19(4)20(24)5)22-8-7-9-25(29)14-22/h7-14,17,30H,15-16H2,1-6H3. The van der Waals surface area contributed by atoms with E-state index in [9.17, 15) is 9.18 Å². The number of hydrogen-bond donors (Lipinski definition) is 1. The van der Waals surface area contributed by atoms with Crippen molar-refractivity contribution < 1.29 is 18.7 Å². The number of rotatable bonds is 8. The fraction of sp³-hybridized carbons (Fsp3) is 0.321. The molecule has 0 spiro atoms. The van der Waals surface area contributed by atoms with Crippen molar-refractivity contribution in [1.82, 2.24) is 0 Å². The van der Waals surface area contributed by atoms with E-state index in [1.165, 1.54) is 11.6 Å². The number of carbonyl (C=O) groups excluding carboxylic acids is 1. The molecule has 0 heterocycles. The highest BCUT2D eigenvalue weighted by molar-refractivity contribution is 5.72. The number of benzene rings is 3. The molecule has 3 aromatic rings. The highest BCUT2D eigenvalue weighted by Crippen LogP contribution is 2.31. The van der Waals surface area contributed by atoms with Gasteiger partial charge in [-0.05, 0) is 99.2 Å². The van der Waals surface area contributed by atoms with Gasteiger partial charge in [0.15, 0.2) is 6.61 Å². The Morgan fingerprint density at radius 3 is 2.39 bits per heavy atom. The van der Waals surface area contributed by atoms with Gasteiger partial charge in [0, 0.05) is 17.8 Å². The topological polar surface area (TPSA) is 47.6 Å². The molecule has 0 unspecified atom stereocenters. The van der Waals surface area contributed by atoms with Gasteiger partial charge in [-0.25, -0.2) is 9.18 Å². The molecule has 0 aliphatic carbocycles. The summed E-state index contributed by atoms with van der Waals surface area (Å²) in [4.78, 5) is 11.9. The summed E-state index contributed by atoms with van der Waals surface area (Å²) in [5.74, 6) is 0.00992. The lowest BCUT2D eigenvalue weighted by Gasteiger charge is -2.19. The molecule has 0 aliphatic heterocycles. The average Bonchev–Trinajstić information content (AvgIpc) is 2.75. The van der Waals surface area contributed by atoms with E-state index in [4.69, 9.17) is 9.47 Å². The number of ether oxygens (including phenoxy) is 2. The molecule has 0 aromatic heterocycles. The van der Waals surface area contributed by atoms with Crippen molar-refractivity contribution in [2.75, 3.05) is 11.9 Å². The molecule has 0 amide bonds. The molecule has 1 N–H and O–H groups in total. The van der Waals surface area contributed by atoms with Gasteiger partial charge in [-0.2, -0.15) is 0 Å². The van der Waals surface area contributed by atoms with Crippen molar-refractivity contribution >= 4 is 11.7 Å². The Kier molecular flexibility index (Phi) is 7.75. The molecular formula is C28H32FNO3. The highest BCUT2D eigenvalue weighted by atomic mass is 19.1. The van der Waals surface area contributed by atoms with Crippen LogP contribution in [0.3, 0.4) is 0 Å². The third-order valence-corrected chi connectivity index (χ3v) is 5.72. The molecule has 3 aromatic carbocycles.